The number of aromatic hydroxyl groups is 1. The van der Waals surface area contributed by atoms with E-state index in [1.54, 1.807) is 12.1 Å². The lowest BCUT2D eigenvalue weighted by Crippen LogP contribution is -2.48. The Labute approximate surface area is 151 Å². The van der Waals surface area contributed by atoms with Gasteiger partial charge in [0.15, 0.2) is 11.4 Å². The fourth-order valence-electron chi connectivity index (χ4n) is 2.82. The Bertz CT molecular complexity index is 1010. The molecular formula is C17H15N3O7. The summed E-state index contributed by atoms with van der Waals surface area (Å²) in [5.74, 6) is -3.91. The van der Waals surface area contributed by atoms with Gasteiger partial charge in [-0.2, -0.15) is 0 Å². The van der Waals surface area contributed by atoms with Crippen LogP contribution in [0.1, 0.15) is 32.0 Å². The Morgan fingerprint density at radius 2 is 1.93 bits per heavy atom. The molecule has 27 heavy (non-hydrogen) atoms. The summed E-state index contributed by atoms with van der Waals surface area (Å²) in [6, 6.07) is 6.01. The van der Waals surface area contributed by atoms with E-state index >= 15 is 0 Å². The lowest BCUT2D eigenvalue weighted by atomic mass is 10.0. The van der Waals surface area contributed by atoms with Crippen LogP contribution in [0.5, 0.6) is 5.75 Å². The molecule has 1 aliphatic heterocycles. The van der Waals surface area contributed by atoms with E-state index in [0.717, 1.165) is 4.90 Å². The highest BCUT2D eigenvalue weighted by Gasteiger charge is 2.30. The number of nitrogens with one attached hydrogen (secondary N) is 1. The van der Waals surface area contributed by atoms with Crippen molar-refractivity contribution < 1.29 is 29.7 Å². The highest BCUT2D eigenvalue weighted by molar-refractivity contribution is 5.97. The minimum absolute atomic E-state index is 0.0442. The number of pyridine rings is 1. The van der Waals surface area contributed by atoms with Crippen LogP contribution in [0.3, 0.4) is 0 Å². The molecule has 10 nitrogen and oxygen atoms in total. The summed E-state index contributed by atoms with van der Waals surface area (Å²) in [7, 11) is 0. The van der Waals surface area contributed by atoms with Crippen LogP contribution in [-0.4, -0.2) is 56.0 Å². The lowest BCUT2D eigenvalue weighted by molar-refractivity contribution is -0.137. The lowest BCUT2D eigenvalue weighted by Gasteiger charge is -2.30. The maximum Gasteiger partial charge on any atom is 0.335 e. The first kappa shape index (κ1) is 18.0. The number of rotatable bonds is 5. The summed E-state index contributed by atoms with van der Waals surface area (Å²) in [5.41, 5.74) is 2.35. The van der Waals surface area contributed by atoms with Crippen molar-refractivity contribution in [1.82, 2.24) is 9.58 Å². The van der Waals surface area contributed by atoms with Gasteiger partial charge in [-0.05, 0) is 17.7 Å². The van der Waals surface area contributed by atoms with Crippen molar-refractivity contribution in [3.63, 3.8) is 0 Å². The Morgan fingerprint density at radius 3 is 2.59 bits per heavy atom. The summed E-state index contributed by atoms with van der Waals surface area (Å²) in [4.78, 5) is 47.6. The molecule has 0 aliphatic carbocycles. The van der Waals surface area contributed by atoms with Crippen LogP contribution < -0.4 is 10.9 Å². The molecule has 1 aromatic heterocycles. The molecule has 4 N–H and O–H groups in total. The third-order valence-corrected chi connectivity index (χ3v) is 4.07. The van der Waals surface area contributed by atoms with Gasteiger partial charge in [0.25, 0.3) is 5.91 Å². The largest absolute Gasteiger partial charge is 0.502 e. The predicted molar refractivity (Wildman–Crippen MR) is 91.5 cm³/mol. The molecule has 0 saturated heterocycles. The van der Waals surface area contributed by atoms with E-state index in [1.165, 1.54) is 23.0 Å². The number of carbonyl (C=O) groups is 3. The molecule has 1 amide bonds. The average molecular weight is 373 g/mol. The van der Waals surface area contributed by atoms with Gasteiger partial charge in [0, 0.05) is 18.2 Å². The summed E-state index contributed by atoms with van der Waals surface area (Å²) in [6.07, 6.45) is 1.38. The summed E-state index contributed by atoms with van der Waals surface area (Å²) in [6.45, 7) is -0.697. The molecule has 1 aromatic carbocycles. The number of aromatic nitrogens is 1. The van der Waals surface area contributed by atoms with Crippen LogP contribution >= 0.6 is 0 Å². The van der Waals surface area contributed by atoms with Crippen molar-refractivity contribution in [3.05, 3.63) is 63.1 Å². The van der Waals surface area contributed by atoms with Crippen molar-refractivity contribution in [1.29, 1.82) is 0 Å². The Hall–Kier alpha value is -3.82. The number of amides is 1. The molecule has 10 heteroatoms. The fraction of sp³-hybridized carbons (Fsp3) is 0.176. The SMILES string of the molecule is O=C(O)CN1CNn2cc(Cc3cccc(C(=O)O)c3)c(=O)c(O)c2C1=O. The van der Waals surface area contributed by atoms with Gasteiger partial charge >= 0.3 is 11.9 Å². The maximum absolute atomic E-state index is 12.4. The Morgan fingerprint density at radius 1 is 1.19 bits per heavy atom. The van der Waals surface area contributed by atoms with Gasteiger partial charge in [0.2, 0.25) is 5.43 Å². The summed E-state index contributed by atoms with van der Waals surface area (Å²) < 4.78 is 1.17. The average Bonchev–Trinajstić information content (AvgIpc) is 2.61. The first-order chi connectivity index (χ1) is 12.8. The first-order valence-corrected chi connectivity index (χ1v) is 7.82. The number of nitrogens with zero attached hydrogens (tertiary/aromatic N) is 2. The molecule has 0 fully saturated rings. The second-order valence-electron chi connectivity index (χ2n) is 5.95. The van der Waals surface area contributed by atoms with E-state index in [-0.39, 0.29) is 29.9 Å². The monoisotopic (exact) mass is 373 g/mol. The van der Waals surface area contributed by atoms with E-state index in [9.17, 15) is 24.3 Å². The van der Waals surface area contributed by atoms with Crippen LogP contribution in [0.15, 0.2) is 35.3 Å². The van der Waals surface area contributed by atoms with Crippen LogP contribution in [0.4, 0.5) is 0 Å². The van der Waals surface area contributed by atoms with Gasteiger partial charge in [-0.15, -0.1) is 0 Å². The third kappa shape index (κ3) is 3.45. The molecule has 3 rings (SSSR count). The van der Waals surface area contributed by atoms with Gasteiger partial charge < -0.3 is 25.6 Å². The number of carbonyl (C=O) groups excluding carboxylic acids is 1. The molecular weight excluding hydrogens is 358 g/mol. The highest BCUT2D eigenvalue weighted by Crippen LogP contribution is 2.19. The zero-order valence-corrected chi connectivity index (χ0v) is 13.9. The number of carboxylic acid groups (broad SMARTS) is 2. The number of hydrogen-bond donors (Lipinski definition) is 4. The molecule has 0 radical (unpaired) electrons. The van der Waals surface area contributed by atoms with Crippen molar-refractivity contribution in [3.8, 4) is 5.75 Å². The fourth-order valence-corrected chi connectivity index (χ4v) is 2.82. The molecule has 2 aromatic rings. The Kier molecular flexibility index (Phi) is 4.55. The number of aromatic carboxylic acids is 1. The zero-order valence-electron chi connectivity index (χ0n) is 13.9. The molecule has 0 saturated carbocycles. The van der Waals surface area contributed by atoms with E-state index in [0.29, 0.717) is 5.56 Å². The van der Waals surface area contributed by atoms with Crippen molar-refractivity contribution in [2.75, 3.05) is 18.6 Å². The minimum atomic E-state index is -1.23. The predicted octanol–water partition coefficient (Wildman–Crippen LogP) is -0.116. The van der Waals surface area contributed by atoms with Gasteiger partial charge in [-0.25, -0.2) is 4.79 Å². The molecule has 0 atom stereocenters. The topological polar surface area (TPSA) is 149 Å². The summed E-state index contributed by atoms with van der Waals surface area (Å²) in [5, 5.41) is 28.1. The van der Waals surface area contributed by atoms with Crippen LogP contribution in [0.25, 0.3) is 0 Å². The van der Waals surface area contributed by atoms with E-state index in [1.807, 2.05) is 0 Å². The quantitative estimate of drug-likeness (QED) is 0.567. The van der Waals surface area contributed by atoms with E-state index in [2.05, 4.69) is 5.43 Å². The first-order valence-electron chi connectivity index (χ1n) is 7.82. The number of aliphatic carboxylic acids is 1. The Balaban J connectivity index is 1.97. The van der Waals surface area contributed by atoms with Gasteiger partial charge in [-0.1, -0.05) is 12.1 Å². The second kappa shape index (κ2) is 6.83. The number of fused-ring (bicyclic) bond motifs is 1. The van der Waals surface area contributed by atoms with Gasteiger partial charge in [0.05, 0.1) is 5.56 Å². The summed E-state index contributed by atoms with van der Waals surface area (Å²) >= 11 is 0. The van der Waals surface area contributed by atoms with Crippen molar-refractivity contribution in [2.45, 2.75) is 6.42 Å². The zero-order chi connectivity index (χ0) is 19.7. The van der Waals surface area contributed by atoms with Gasteiger partial charge in [0.1, 0.15) is 13.2 Å². The molecule has 0 unspecified atom stereocenters. The highest BCUT2D eigenvalue weighted by atomic mass is 16.4. The van der Waals surface area contributed by atoms with Crippen LogP contribution in [0.2, 0.25) is 0 Å². The number of hydrogen-bond acceptors (Lipinski definition) is 6. The van der Waals surface area contributed by atoms with E-state index < -0.39 is 35.6 Å². The third-order valence-electron chi connectivity index (χ3n) is 4.07. The molecule has 2 heterocycles. The van der Waals surface area contributed by atoms with Crippen molar-refractivity contribution >= 4 is 17.8 Å². The molecule has 140 valence electrons. The molecule has 0 bridgehead atoms. The van der Waals surface area contributed by atoms with Crippen molar-refractivity contribution in [2.24, 2.45) is 0 Å². The smallest absolute Gasteiger partial charge is 0.335 e. The number of benzene rings is 1. The maximum atomic E-state index is 12.4. The minimum Gasteiger partial charge on any atom is -0.502 e. The normalized spacial score (nSPS) is 13.0. The standard InChI is InChI=1S/C17H15N3O7/c21-12(22)7-19-8-18-20-6-11(14(23)15(24)13(20)16(19)25)5-9-2-1-3-10(4-9)17(26)27/h1-4,6,18,24H,5,7-8H2,(H,21,22)(H,26,27). The molecule has 1 aliphatic rings. The second-order valence-corrected chi connectivity index (χ2v) is 5.95. The van der Waals surface area contributed by atoms with Gasteiger partial charge in [-0.3, -0.25) is 19.1 Å². The van der Waals surface area contributed by atoms with E-state index in [4.69, 9.17) is 10.2 Å². The number of carboxylic acids is 2. The van der Waals surface area contributed by atoms with Crippen LogP contribution in [0, 0.1) is 0 Å². The van der Waals surface area contributed by atoms with Crippen LogP contribution in [-0.2, 0) is 11.2 Å². The molecule has 0 spiro atoms.